The third-order valence-electron chi connectivity index (χ3n) is 2.72. The lowest BCUT2D eigenvalue weighted by atomic mass is 9.95. The first-order valence-corrected chi connectivity index (χ1v) is 6.48. The molecule has 0 saturated heterocycles. The zero-order chi connectivity index (χ0) is 13.1. The van der Waals surface area contributed by atoms with Gasteiger partial charge in [0.05, 0.1) is 11.5 Å². The van der Waals surface area contributed by atoms with Crippen LogP contribution in [0.2, 0.25) is 0 Å². The van der Waals surface area contributed by atoms with E-state index in [4.69, 9.17) is 5.26 Å². The molecule has 0 aliphatic carbocycles. The Labute approximate surface area is 112 Å². The highest BCUT2D eigenvalue weighted by molar-refractivity contribution is 9.10. The molecule has 1 rings (SSSR count). The summed E-state index contributed by atoms with van der Waals surface area (Å²) in [6, 6.07) is 8.64. The van der Waals surface area contributed by atoms with Gasteiger partial charge in [0.15, 0.2) is 0 Å². The van der Waals surface area contributed by atoms with Crippen LogP contribution < -0.4 is 0 Å². The summed E-state index contributed by atoms with van der Waals surface area (Å²) in [5.74, 6) is 0. The van der Waals surface area contributed by atoms with Crippen molar-refractivity contribution in [3.05, 3.63) is 33.8 Å². The van der Waals surface area contributed by atoms with E-state index < -0.39 is 0 Å². The second-order valence-corrected chi connectivity index (χ2v) is 6.15. The van der Waals surface area contributed by atoms with Gasteiger partial charge in [-0.25, -0.2) is 0 Å². The quantitative estimate of drug-likeness (QED) is 0.846. The fourth-order valence-electron chi connectivity index (χ4n) is 1.87. The first-order valence-electron chi connectivity index (χ1n) is 5.69. The molecule has 0 aliphatic heterocycles. The monoisotopic (exact) mass is 294 g/mol. The minimum absolute atomic E-state index is 0.297. The molecule has 17 heavy (non-hydrogen) atoms. The first kappa shape index (κ1) is 14.2. The molecular formula is C14H19BrN2. The molecule has 0 N–H and O–H groups in total. The van der Waals surface area contributed by atoms with Crippen LogP contribution in [0.25, 0.3) is 0 Å². The molecule has 0 aromatic heterocycles. The van der Waals surface area contributed by atoms with Gasteiger partial charge in [-0.2, -0.15) is 5.26 Å². The Morgan fingerprint density at radius 3 is 2.65 bits per heavy atom. The van der Waals surface area contributed by atoms with Gasteiger partial charge >= 0.3 is 0 Å². The predicted molar refractivity (Wildman–Crippen MR) is 74.6 cm³/mol. The van der Waals surface area contributed by atoms with E-state index in [2.05, 4.69) is 59.1 Å². The number of hydrogen-bond acceptors (Lipinski definition) is 2. The number of rotatable bonds is 4. The summed E-state index contributed by atoms with van der Waals surface area (Å²) in [4.78, 5) is 2.19. The van der Waals surface area contributed by atoms with Crippen molar-refractivity contribution < 1.29 is 0 Å². The van der Waals surface area contributed by atoms with Crippen LogP contribution in [0.5, 0.6) is 0 Å². The molecule has 0 spiro atoms. The van der Waals surface area contributed by atoms with Gasteiger partial charge in [-0.1, -0.05) is 22.0 Å². The van der Waals surface area contributed by atoms with Crippen LogP contribution in [-0.2, 0) is 6.54 Å². The highest BCUT2D eigenvalue weighted by Gasteiger charge is 2.19. The standard InChI is InChI=1S/C14H19BrN2/c1-11-5-6-13(15)7-12(11)8-17(4)10-14(2,3)9-16/h5-7H,8,10H2,1-4H3. The molecule has 1 aromatic carbocycles. The maximum absolute atomic E-state index is 9.02. The second-order valence-electron chi connectivity index (χ2n) is 5.24. The number of aryl methyl sites for hydroxylation is 1. The maximum atomic E-state index is 9.02. The van der Waals surface area contributed by atoms with Gasteiger partial charge in [-0.3, -0.25) is 0 Å². The lowest BCUT2D eigenvalue weighted by Gasteiger charge is -2.25. The second kappa shape index (κ2) is 5.66. The third-order valence-corrected chi connectivity index (χ3v) is 3.21. The third kappa shape index (κ3) is 4.49. The van der Waals surface area contributed by atoms with Crippen molar-refractivity contribution in [2.24, 2.45) is 5.41 Å². The molecule has 2 nitrogen and oxygen atoms in total. The molecule has 0 heterocycles. The molecule has 0 saturated carbocycles. The summed E-state index contributed by atoms with van der Waals surface area (Å²) in [6.07, 6.45) is 0. The number of nitriles is 1. The van der Waals surface area contributed by atoms with Gasteiger partial charge in [0.1, 0.15) is 0 Å². The van der Waals surface area contributed by atoms with E-state index in [0.29, 0.717) is 0 Å². The van der Waals surface area contributed by atoms with Crippen LogP contribution in [-0.4, -0.2) is 18.5 Å². The van der Waals surface area contributed by atoms with Crippen LogP contribution in [0, 0.1) is 23.7 Å². The van der Waals surface area contributed by atoms with Crippen molar-refractivity contribution >= 4 is 15.9 Å². The lowest BCUT2D eigenvalue weighted by Crippen LogP contribution is -2.30. The normalized spacial score (nSPS) is 11.6. The van der Waals surface area contributed by atoms with Crippen molar-refractivity contribution in [3.8, 4) is 6.07 Å². The van der Waals surface area contributed by atoms with Crippen molar-refractivity contribution in [1.82, 2.24) is 4.90 Å². The van der Waals surface area contributed by atoms with Gasteiger partial charge in [-0.15, -0.1) is 0 Å². The van der Waals surface area contributed by atoms with E-state index in [1.54, 1.807) is 0 Å². The van der Waals surface area contributed by atoms with Crippen LogP contribution in [0.1, 0.15) is 25.0 Å². The summed E-state index contributed by atoms with van der Waals surface area (Å²) in [7, 11) is 2.05. The smallest absolute Gasteiger partial charge is 0.0697 e. The first-order chi connectivity index (χ1) is 7.84. The molecule has 0 amide bonds. The topological polar surface area (TPSA) is 27.0 Å². The number of benzene rings is 1. The van der Waals surface area contributed by atoms with E-state index in [0.717, 1.165) is 17.6 Å². The van der Waals surface area contributed by atoms with Gasteiger partial charge in [-0.05, 0) is 51.1 Å². The number of nitrogens with zero attached hydrogens (tertiary/aromatic N) is 2. The van der Waals surface area contributed by atoms with E-state index in [-0.39, 0.29) is 5.41 Å². The van der Waals surface area contributed by atoms with Gasteiger partial charge in [0.2, 0.25) is 0 Å². The highest BCUT2D eigenvalue weighted by atomic mass is 79.9. The zero-order valence-corrected chi connectivity index (χ0v) is 12.5. The van der Waals surface area contributed by atoms with Crippen molar-refractivity contribution in [1.29, 1.82) is 5.26 Å². The van der Waals surface area contributed by atoms with E-state index in [9.17, 15) is 0 Å². The van der Waals surface area contributed by atoms with Crippen molar-refractivity contribution in [2.45, 2.75) is 27.3 Å². The average Bonchev–Trinajstić information content (AvgIpc) is 2.23. The molecule has 0 bridgehead atoms. The largest absolute Gasteiger partial charge is 0.301 e. The van der Waals surface area contributed by atoms with Crippen molar-refractivity contribution in [3.63, 3.8) is 0 Å². The van der Waals surface area contributed by atoms with E-state index in [1.807, 2.05) is 13.8 Å². The minimum atomic E-state index is -0.297. The average molecular weight is 295 g/mol. The van der Waals surface area contributed by atoms with Gasteiger partial charge < -0.3 is 4.90 Å². The van der Waals surface area contributed by atoms with Crippen LogP contribution >= 0.6 is 15.9 Å². The summed E-state index contributed by atoms with van der Waals surface area (Å²) in [5.41, 5.74) is 2.29. The highest BCUT2D eigenvalue weighted by Crippen LogP contribution is 2.20. The van der Waals surface area contributed by atoms with Crippen LogP contribution in [0.3, 0.4) is 0 Å². The number of halogens is 1. The summed E-state index contributed by atoms with van der Waals surface area (Å²) >= 11 is 3.49. The lowest BCUT2D eigenvalue weighted by molar-refractivity contribution is 0.248. The van der Waals surface area contributed by atoms with Crippen LogP contribution in [0.15, 0.2) is 22.7 Å². The Kier molecular flexibility index (Phi) is 4.73. The Hall–Kier alpha value is -0.850. The fraction of sp³-hybridized carbons (Fsp3) is 0.500. The Bertz CT molecular complexity index is 432. The Morgan fingerprint density at radius 2 is 2.06 bits per heavy atom. The van der Waals surface area contributed by atoms with Gasteiger partial charge in [0.25, 0.3) is 0 Å². The minimum Gasteiger partial charge on any atom is -0.301 e. The summed E-state index contributed by atoms with van der Waals surface area (Å²) in [6.45, 7) is 7.70. The molecule has 0 unspecified atom stereocenters. The molecule has 0 fully saturated rings. The molecule has 0 aliphatic rings. The summed E-state index contributed by atoms with van der Waals surface area (Å²) in [5, 5.41) is 9.02. The molecule has 0 radical (unpaired) electrons. The molecule has 0 atom stereocenters. The maximum Gasteiger partial charge on any atom is 0.0697 e. The van der Waals surface area contributed by atoms with E-state index >= 15 is 0 Å². The molecular weight excluding hydrogens is 276 g/mol. The zero-order valence-electron chi connectivity index (χ0n) is 10.9. The fourth-order valence-corrected chi connectivity index (χ4v) is 2.28. The SMILES string of the molecule is Cc1ccc(Br)cc1CN(C)CC(C)(C)C#N. The van der Waals surface area contributed by atoms with E-state index in [1.165, 1.54) is 11.1 Å². The van der Waals surface area contributed by atoms with Crippen LogP contribution in [0.4, 0.5) is 0 Å². The molecule has 3 heteroatoms. The van der Waals surface area contributed by atoms with Gasteiger partial charge in [0, 0.05) is 17.6 Å². The molecule has 1 aromatic rings. The number of hydrogen-bond donors (Lipinski definition) is 0. The Morgan fingerprint density at radius 1 is 1.41 bits per heavy atom. The summed E-state index contributed by atoms with van der Waals surface area (Å²) < 4.78 is 1.10. The van der Waals surface area contributed by atoms with Crippen molar-refractivity contribution in [2.75, 3.05) is 13.6 Å². The Balaban J connectivity index is 2.72. The molecule has 92 valence electrons. The predicted octanol–water partition coefficient (Wildman–Crippen LogP) is 3.74.